The van der Waals surface area contributed by atoms with Crippen LogP contribution in [0, 0.1) is 19.7 Å². The van der Waals surface area contributed by atoms with Crippen LogP contribution < -0.4 is 9.64 Å². The fourth-order valence-electron chi connectivity index (χ4n) is 4.22. The number of rotatable bonds is 8. The van der Waals surface area contributed by atoms with E-state index in [9.17, 15) is 19.5 Å². The maximum absolute atomic E-state index is 15.1. The molecule has 198 valence electrons. The third-order valence-corrected chi connectivity index (χ3v) is 7.14. The van der Waals surface area contributed by atoms with Gasteiger partial charge in [-0.3, -0.25) is 14.5 Å². The van der Waals surface area contributed by atoms with Gasteiger partial charge in [-0.2, -0.15) is 0 Å². The predicted molar refractivity (Wildman–Crippen MR) is 141 cm³/mol. The Bertz CT molecular complexity index is 1450. The first-order valence-electron chi connectivity index (χ1n) is 12.1. The zero-order chi connectivity index (χ0) is 27.6. The van der Waals surface area contributed by atoms with Gasteiger partial charge in [-0.25, -0.2) is 14.2 Å². The van der Waals surface area contributed by atoms with Crippen LogP contribution in [0.5, 0.6) is 5.75 Å². The smallest absolute Gasteiger partial charge is 0.350 e. The highest BCUT2D eigenvalue weighted by molar-refractivity contribution is 7.17. The van der Waals surface area contributed by atoms with Gasteiger partial charge in [0, 0.05) is 11.1 Å². The summed E-state index contributed by atoms with van der Waals surface area (Å²) in [5, 5.41) is 11.3. The van der Waals surface area contributed by atoms with E-state index in [0.29, 0.717) is 23.6 Å². The summed E-state index contributed by atoms with van der Waals surface area (Å²) in [7, 11) is 0. The Balaban J connectivity index is 1.88. The molecule has 2 aromatic carbocycles. The van der Waals surface area contributed by atoms with E-state index in [1.807, 2.05) is 6.92 Å². The van der Waals surface area contributed by atoms with Crippen LogP contribution in [0.25, 0.3) is 5.76 Å². The molecule has 1 amide bonds. The standard InChI is InChI=1S/C28H27FN2O6S/c1-5-13-37-20-12-11-17(14-15(20)3)23(32)21-22(18-9-7-8-10-19(18)29)31(26(34)24(21)33)28-30-16(4)25(38-28)27(35)36-6-2/h7-12,14,22,32H,5-6,13H2,1-4H3. The summed E-state index contributed by atoms with van der Waals surface area (Å²) in [6.45, 7) is 7.68. The van der Waals surface area contributed by atoms with Gasteiger partial charge in [-0.05, 0) is 57.0 Å². The number of hydrogen-bond donors (Lipinski definition) is 1. The number of benzene rings is 2. The van der Waals surface area contributed by atoms with Crippen LogP contribution in [0.2, 0.25) is 0 Å². The quantitative estimate of drug-likeness (QED) is 0.175. The Morgan fingerprint density at radius 2 is 1.89 bits per heavy atom. The van der Waals surface area contributed by atoms with Crippen LogP contribution in [0.4, 0.5) is 9.52 Å². The van der Waals surface area contributed by atoms with Crippen molar-refractivity contribution in [1.82, 2.24) is 4.98 Å². The summed E-state index contributed by atoms with van der Waals surface area (Å²) in [5.41, 5.74) is 1.00. The number of carbonyl (C=O) groups is 3. The summed E-state index contributed by atoms with van der Waals surface area (Å²) in [6, 6.07) is 9.26. The molecule has 1 N–H and O–H groups in total. The molecule has 1 aliphatic rings. The number of aryl methyl sites for hydroxylation is 2. The molecular weight excluding hydrogens is 511 g/mol. The van der Waals surface area contributed by atoms with E-state index in [0.717, 1.165) is 22.7 Å². The lowest BCUT2D eigenvalue weighted by Gasteiger charge is -2.23. The molecule has 2 heterocycles. The molecule has 1 unspecified atom stereocenters. The fraction of sp³-hybridized carbons (Fsp3) is 0.286. The number of ketones is 1. The molecule has 10 heteroatoms. The van der Waals surface area contributed by atoms with Crippen molar-refractivity contribution < 1.29 is 33.4 Å². The molecule has 0 aliphatic carbocycles. The number of thiazole rings is 1. The van der Waals surface area contributed by atoms with Gasteiger partial charge < -0.3 is 14.6 Å². The van der Waals surface area contributed by atoms with E-state index in [1.165, 1.54) is 18.2 Å². The number of ether oxygens (including phenoxy) is 2. The summed E-state index contributed by atoms with van der Waals surface area (Å²) < 4.78 is 25.9. The monoisotopic (exact) mass is 538 g/mol. The SMILES string of the molecule is CCCOc1ccc(C(O)=C2C(=O)C(=O)N(c3nc(C)c(C(=O)OCC)s3)C2c2ccccc2F)cc1C. The number of carbonyl (C=O) groups excluding carboxylic acids is 3. The van der Waals surface area contributed by atoms with Crippen molar-refractivity contribution in [2.75, 3.05) is 18.1 Å². The van der Waals surface area contributed by atoms with Gasteiger partial charge in [0.15, 0.2) is 5.13 Å². The van der Waals surface area contributed by atoms with Crippen molar-refractivity contribution in [1.29, 1.82) is 0 Å². The lowest BCUT2D eigenvalue weighted by atomic mass is 9.94. The molecule has 0 saturated carbocycles. The van der Waals surface area contributed by atoms with Crippen molar-refractivity contribution >= 4 is 39.9 Å². The molecule has 8 nitrogen and oxygen atoms in total. The van der Waals surface area contributed by atoms with Crippen LogP contribution in [0.15, 0.2) is 48.0 Å². The van der Waals surface area contributed by atoms with Crippen molar-refractivity contribution in [3.63, 3.8) is 0 Å². The van der Waals surface area contributed by atoms with E-state index in [-0.39, 0.29) is 33.3 Å². The van der Waals surface area contributed by atoms with Crippen LogP contribution in [-0.2, 0) is 14.3 Å². The normalized spacial score (nSPS) is 16.7. The second-order valence-corrected chi connectivity index (χ2v) is 9.63. The summed E-state index contributed by atoms with van der Waals surface area (Å²) in [4.78, 5) is 44.6. The molecule has 0 radical (unpaired) electrons. The van der Waals surface area contributed by atoms with Crippen LogP contribution >= 0.6 is 11.3 Å². The molecule has 0 bridgehead atoms. The number of aliphatic hydroxyl groups is 1. The number of esters is 1. The number of halogens is 1. The zero-order valence-corrected chi connectivity index (χ0v) is 22.2. The molecule has 1 atom stereocenters. The van der Waals surface area contributed by atoms with Crippen LogP contribution in [-0.4, -0.2) is 41.0 Å². The lowest BCUT2D eigenvalue weighted by Crippen LogP contribution is -2.29. The van der Waals surface area contributed by atoms with Crippen LogP contribution in [0.1, 0.15) is 58.4 Å². The molecule has 1 fully saturated rings. The molecule has 4 rings (SSSR count). The first-order chi connectivity index (χ1) is 18.2. The fourth-order valence-corrected chi connectivity index (χ4v) is 5.21. The minimum atomic E-state index is -1.31. The third-order valence-electron chi connectivity index (χ3n) is 6.01. The Morgan fingerprint density at radius 3 is 2.55 bits per heavy atom. The number of hydrogen-bond acceptors (Lipinski definition) is 8. The van der Waals surface area contributed by atoms with Crippen molar-refractivity contribution in [2.24, 2.45) is 0 Å². The Hall–Kier alpha value is -4.05. The highest BCUT2D eigenvalue weighted by atomic mass is 32.1. The number of aromatic nitrogens is 1. The van der Waals surface area contributed by atoms with Gasteiger partial charge in [0.25, 0.3) is 5.78 Å². The molecule has 38 heavy (non-hydrogen) atoms. The number of amides is 1. The summed E-state index contributed by atoms with van der Waals surface area (Å²) >= 11 is 0.860. The van der Waals surface area contributed by atoms with Gasteiger partial charge in [-0.1, -0.05) is 36.5 Å². The van der Waals surface area contributed by atoms with E-state index in [4.69, 9.17) is 9.47 Å². The average molecular weight is 539 g/mol. The number of anilines is 1. The Labute approximate surface area is 223 Å². The number of aliphatic hydroxyl groups excluding tert-OH is 1. The van der Waals surface area contributed by atoms with Gasteiger partial charge in [-0.15, -0.1) is 0 Å². The van der Waals surface area contributed by atoms with Gasteiger partial charge in [0.1, 0.15) is 28.2 Å². The molecular formula is C28H27FN2O6S. The highest BCUT2D eigenvalue weighted by Gasteiger charge is 2.49. The molecule has 1 aromatic heterocycles. The Morgan fingerprint density at radius 1 is 1.16 bits per heavy atom. The Kier molecular flexibility index (Phi) is 7.91. The number of nitrogens with zero attached hydrogens (tertiary/aromatic N) is 2. The first-order valence-corrected chi connectivity index (χ1v) is 12.9. The summed E-state index contributed by atoms with van der Waals surface area (Å²) in [6.07, 6.45) is 0.821. The van der Waals surface area contributed by atoms with E-state index in [1.54, 1.807) is 45.0 Å². The molecule has 1 saturated heterocycles. The van der Waals surface area contributed by atoms with E-state index in [2.05, 4.69) is 4.98 Å². The second-order valence-electron chi connectivity index (χ2n) is 8.65. The second kappa shape index (κ2) is 11.1. The molecule has 1 aliphatic heterocycles. The topological polar surface area (TPSA) is 106 Å². The molecule has 3 aromatic rings. The van der Waals surface area contributed by atoms with Crippen LogP contribution in [0.3, 0.4) is 0 Å². The minimum Gasteiger partial charge on any atom is -0.507 e. The largest absolute Gasteiger partial charge is 0.507 e. The summed E-state index contributed by atoms with van der Waals surface area (Å²) in [5.74, 6) is -3.11. The lowest BCUT2D eigenvalue weighted by molar-refractivity contribution is -0.132. The minimum absolute atomic E-state index is 0.00147. The predicted octanol–water partition coefficient (Wildman–Crippen LogP) is 5.49. The first kappa shape index (κ1) is 27.0. The third kappa shape index (κ3) is 4.91. The van der Waals surface area contributed by atoms with Gasteiger partial charge in [0.05, 0.1) is 24.5 Å². The average Bonchev–Trinajstić information content (AvgIpc) is 3.40. The van der Waals surface area contributed by atoms with E-state index >= 15 is 4.39 Å². The van der Waals surface area contributed by atoms with Crippen molar-refractivity contribution in [2.45, 2.75) is 40.2 Å². The number of Topliss-reactive ketones (excluding diaryl/α,β-unsaturated/α-hetero) is 1. The molecule has 0 spiro atoms. The van der Waals surface area contributed by atoms with Gasteiger partial charge in [0.2, 0.25) is 0 Å². The zero-order valence-electron chi connectivity index (χ0n) is 21.4. The highest BCUT2D eigenvalue weighted by Crippen LogP contribution is 2.44. The van der Waals surface area contributed by atoms with Crippen molar-refractivity contribution in [3.8, 4) is 5.75 Å². The van der Waals surface area contributed by atoms with Crippen molar-refractivity contribution in [3.05, 3.63) is 81.1 Å². The van der Waals surface area contributed by atoms with E-state index < -0.39 is 35.3 Å². The maximum atomic E-state index is 15.1. The van der Waals surface area contributed by atoms with Gasteiger partial charge >= 0.3 is 11.9 Å². The maximum Gasteiger partial charge on any atom is 0.350 e.